The van der Waals surface area contributed by atoms with Gasteiger partial charge in [0.15, 0.2) is 0 Å². The van der Waals surface area contributed by atoms with Crippen molar-refractivity contribution in [2.24, 2.45) is 0 Å². The van der Waals surface area contributed by atoms with E-state index in [0.29, 0.717) is 6.04 Å². The van der Waals surface area contributed by atoms with E-state index in [0.717, 1.165) is 19.5 Å². The Labute approximate surface area is 106 Å². The molecule has 1 N–H and O–H groups in total. The van der Waals surface area contributed by atoms with Crippen LogP contribution in [0.5, 0.6) is 0 Å². The Morgan fingerprint density at radius 1 is 1.18 bits per heavy atom. The molecule has 2 heteroatoms. The van der Waals surface area contributed by atoms with Crippen molar-refractivity contribution in [3.8, 4) is 0 Å². The molecular formula is C15H26N2. The van der Waals surface area contributed by atoms with Crippen molar-refractivity contribution in [3.05, 3.63) is 29.8 Å². The number of aryl methyl sites for hydroxylation is 1. The second-order valence-electron chi connectivity index (χ2n) is 4.68. The summed E-state index contributed by atoms with van der Waals surface area (Å²) in [6.07, 6.45) is 2.30. The van der Waals surface area contributed by atoms with E-state index in [-0.39, 0.29) is 0 Å². The lowest BCUT2D eigenvalue weighted by Crippen LogP contribution is -2.38. The van der Waals surface area contributed by atoms with E-state index in [9.17, 15) is 0 Å². The summed E-state index contributed by atoms with van der Waals surface area (Å²) in [7, 11) is 2.17. The van der Waals surface area contributed by atoms with Gasteiger partial charge in [0, 0.05) is 25.3 Å². The average molecular weight is 234 g/mol. The predicted octanol–water partition coefficient (Wildman–Crippen LogP) is 3.07. The second kappa shape index (κ2) is 7.33. The molecule has 96 valence electrons. The van der Waals surface area contributed by atoms with E-state index in [1.54, 1.807) is 0 Å². The highest BCUT2D eigenvalue weighted by molar-refractivity contribution is 5.47. The maximum atomic E-state index is 3.47. The Kier molecular flexibility index (Phi) is 6.06. The monoisotopic (exact) mass is 234 g/mol. The molecule has 0 heterocycles. The van der Waals surface area contributed by atoms with Gasteiger partial charge in [0.25, 0.3) is 0 Å². The summed E-state index contributed by atoms with van der Waals surface area (Å²) < 4.78 is 0. The van der Waals surface area contributed by atoms with Gasteiger partial charge in [-0.2, -0.15) is 0 Å². The van der Waals surface area contributed by atoms with E-state index in [4.69, 9.17) is 0 Å². The molecule has 0 bridgehead atoms. The molecule has 2 nitrogen and oxygen atoms in total. The first-order valence-electron chi connectivity index (χ1n) is 6.71. The van der Waals surface area contributed by atoms with E-state index >= 15 is 0 Å². The van der Waals surface area contributed by atoms with Crippen LogP contribution in [0, 0.1) is 0 Å². The van der Waals surface area contributed by atoms with Gasteiger partial charge >= 0.3 is 0 Å². The van der Waals surface area contributed by atoms with Crippen molar-refractivity contribution in [2.45, 2.75) is 39.7 Å². The Balaban J connectivity index is 2.52. The summed E-state index contributed by atoms with van der Waals surface area (Å²) in [4.78, 5) is 2.34. The number of likely N-dealkylation sites (N-methyl/N-ethyl adjacent to an activating group) is 1. The summed E-state index contributed by atoms with van der Waals surface area (Å²) >= 11 is 0. The van der Waals surface area contributed by atoms with Crippen LogP contribution >= 0.6 is 0 Å². The molecule has 0 amide bonds. The fraction of sp³-hybridized carbons (Fsp3) is 0.600. The first-order chi connectivity index (χ1) is 8.19. The van der Waals surface area contributed by atoms with Gasteiger partial charge in [-0.1, -0.05) is 26.0 Å². The van der Waals surface area contributed by atoms with Gasteiger partial charge in [-0.05, 0) is 44.0 Å². The zero-order valence-corrected chi connectivity index (χ0v) is 11.7. The molecule has 1 aromatic rings. The third kappa shape index (κ3) is 4.39. The van der Waals surface area contributed by atoms with Crippen LogP contribution in [0.15, 0.2) is 24.3 Å². The smallest absolute Gasteiger partial charge is 0.0383 e. The van der Waals surface area contributed by atoms with Crippen LogP contribution in [0.2, 0.25) is 0 Å². The molecule has 0 saturated carbocycles. The van der Waals surface area contributed by atoms with Crippen molar-refractivity contribution in [2.75, 3.05) is 25.0 Å². The van der Waals surface area contributed by atoms with Crippen molar-refractivity contribution in [3.63, 3.8) is 0 Å². The Bertz CT molecular complexity index is 305. The summed E-state index contributed by atoms with van der Waals surface area (Å²) in [6.45, 7) is 8.80. The number of hydrogen-bond acceptors (Lipinski definition) is 2. The molecule has 0 aromatic heterocycles. The number of rotatable bonds is 7. The molecule has 0 fully saturated rings. The fourth-order valence-electron chi connectivity index (χ4n) is 1.85. The average Bonchev–Trinajstić information content (AvgIpc) is 2.38. The molecule has 0 saturated heterocycles. The molecule has 1 aromatic carbocycles. The second-order valence-corrected chi connectivity index (χ2v) is 4.68. The molecule has 0 aliphatic carbocycles. The van der Waals surface area contributed by atoms with Gasteiger partial charge in [-0.15, -0.1) is 0 Å². The highest BCUT2D eigenvalue weighted by Crippen LogP contribution is 2.16. The van der Waals surface area contributed by atoms with Crippen LogP contribution in [0.1, 0.15) is 32.8 Å². The molecule has 1 unspecified atom stereocenters. The van der Waals surface area contributed by atoms with Gasteiger partial charge in [0.05, 0.1) is 0 Å². The van der Waals surface area contributed by atoms with Crippen LogP contribution in [-0.4, -0.2) is 26.2 Å². The first kappa shape index (κ1) is 14.0. The molecule has 0 radical (unpaired) electrons. The number of anilines is 1. The van der Waals surface area contributed by atoms with Gasteiger partial charge in [-0.25, -0.2) is 0 Å². The number of hydrogen-bond donors (Lipinski definition) is 1. The molecule has 0 aliphatic rings. The molecule has 1 rings (SSSR count). The van der Waals surface area contributed by atoms with Gasteiger partial charge < -0.3 is 10.2 Å². The summed E-state index contributed by atoms with van der Waals surface area (Å²) in [5.41, 5.74) is 2.70. The zero-order chi connectivity index (χ0) is 12.7. The standard InChI is InChI=1S/C15H26N2/c1-5-11-16-12-13(3)17(4)15-9-7-14(6-2)8-10-15/h7-10,13,16H,5-6,11-12H2,1-4H3. The lowest BCUT2D eigenvalue weighted by Gasteiger charge is -2.27. The summed E-state index contributed by atoms with van der Waals surface area (Å²) in [5.74, 6) is 0. The maximum absolute atomic E-state index is 3.47. The quantitative estimate of drug-likeness (QED) is 0.729. The van der Waals surface area contributed by atoms with Gasteiger partial charge in [0.1, 0.15) is 0 Å². The van der Waals surface area contributed by atoms with Crippen LogP contribution in [-0.2, 0) is 6.42 Å². The van der Waals surface area contributed by atoms with E-state index < -0.39 is 0 Å². The topological polar surface area (TPSA) is 15.3 Å². The normalized spacial score (nSPS) is 12.5. The number of benzene rings is 1. The zero-order valence-electron chi connectivity index (χ0n) is 11.7. The SMILES string of the molecule is CCCNCC(C)N(C)c1ccc(CC)cc1. The van der Waals surface area contributed by atoms with Crippen LogP contribution in [0.3, 0.4) is 0 Å². The number of nitrogens with one attached hydrogen (secondary N) is 1. The van der Waals surface area contributed by atoms with Gasteiger partial charge in [-0.3, -0.25) is 0 Å². The Morgan fingerprint density at radius 2 is 1.82 bits per heavy atom. The van der Waals surface area contributed by atoms with Crippen LogP contribution < -0.4 is 10.2 Å². The summed E-state index contributed by atoms with van der Waals surface area (Å²) in [5, 5.41) is 3.47. The Hall–Kier alpha value is -1.02. The van der Waals surface area contributed by atoms with E-state index in [1.165, 1.54) is 17.7 Å². The lowest BCUT2D eigenvalue weighted by atomic mass is 10.1. The third-order valence-electron chi connectivity index (χ3n) is 3.28. The fourth-order valence-corrected chi connectivity index (χ4v) is 1.85. The van der Waals surface area contributed by atoms with Gasteiger partial charge in [0.2, 0.25) is 0 Å². The minimum absolute atomic E-state index is 0.522. The molecule has 1 atom stereocenters. The highest BCUT2D eigenvalue weighted by atomic mass is 15.1. The van der Waals surface area contributed by atoms with E-state index in [2.05, 4.69) is 62.3 Å². The minimum atomic E-state index is 0.522. The van der Waals surface area contributed by atoms with Crippen LogP contribution in [0.4, 0.5) is 5.69 Å². The highest BCUT2D eigenvalue weighted by Gasteiger charge is 2.08. The van der Waals surface area contributed by atoms with Crippen molar-refractivity contribution >= 4 is 5.69 Å². The third-order valence-corrected chi connectivity index (χ3v) is 3.28. The predicted molar refractivity (Wildman–Crippen MR) is 76.8 cm³/mol. The number of nitrogens with zero attached hydrogens (tertiary/aromatic N) is 1. The largest absolute Gasteiger partial charge is 0.371 e. The van der Waals surface area contributed by atoms with Crippen molar-refractivity contribution in [1.29, 1.82) is 0 Å². The van der Waals surface area contributed by atoms with Crippen molar-refractivity contribution in [1.82, 2.24) is 5.32 Å². The molecular weight excluding hydrogens is 208 g/mol. The molecule has 17 heavy (non-hydrogen) atoms. The minimum Gasteiger partial charge on any atom is -0.371 e. The summed E-state index contributed by atoms with van der Waals surface area (Å²) in [6, 6.07) is 9.40. The first-order valence-corrected chi connectivity index (χ1v) is 6.71. The molecule has 0 aliphatic heterocycles. The lowest BCUT2D eigenvalue weighted by molar-refractivity contribution is 0.582. The van der Waals surface area contributed by atoms with Crippen molar-refractivity contribution < 1.29 is 0 Å². The van der Waals surface area contributed by atoms with E-state index in [1.807, 2.05) is 0 Å². The Morgan fingerprint density at radius 3 is 2.35 bits per heavy atom. The van der Waals surface area contributed by atoms with Crippen LogP contribution in [0.25, 0.3) is 0 Å². The molecule has 0 spiro atoms. The maximum Gasteiger partial charge on any atom is 0.0383 e.